The molecular weight excluding hydrogens is 678 g/mol. The molecule has 4 aromatic carbocycles. The Morgan fingerprint density at radius 2 is 1.52 bits per heavy atom. The molecule has 2 aliphatic rings. The number of halogens is 3. The number of nitrogens with zero attached hydrogens (tertiary/aromatic N) is 2. The minimum atomic E-state index is -3.45. The summed E-state index contributed by atoms with van der Waals surface area (Å²) in [5.74, 6) is -2.26. The van der Waals surface area contributed by atoms with Gasteiger partial charge >= 0.3 is 0 Å². The maximum absolute atomic E-state index is 16.5. The molecule has 2 aliphatic heterocycles. The number of ketones is 1. The molecule has 2 atom stereocenters. The van der Waals surface area contributed by atoms with Crippen molar-refractivity contribution < 1.29 is 27.5 Å². The number of fused-ring (bicyclic) bond motifs is 1. The normalized spacial score (nSPS) is 18.8. The molecule has 5 nitrogen and oxygen atoms in total. The zero-order valence-electron chi connectivity index (χ0n) is 30.7. The Bertz CT molecular complexity index is 1760. The number of ether oxygens (including phenoxy) is 1. The number of carbonyl (C=O) groups is 1. The van der Waals surface area contributed by atoms with Crippen LogP contribution in [0.4, 0.5) is 13.2 Å². The van der Waals surface area contributed by atoms with Crippen LogP contribution in [0.15, 0.2) is 103 Å². The van der Waals surface area contributed by atoms with Crippen molar-refractivity contribution in [3.8, 4) is 5.75 Å². The molecule has 0 amide bonds. The zero-order chi connectivity index (χ0) is 37.1. The molecule has 52 heavy (non-hydrogen) atoms. The Balaban J connectivity index is 1.23. The number of Topliss-reactive ketones (excluding diaryl/α,β-unsaturated/α-hetero) is 1. The van der Waals surface area contributed by atoms with Gasteiger partial charge in [0.15, 0.2) is 5.78 Å². The van der Waals surface area contributed by atoms with E-state index >= 15 is 8.78 Å². The maximum Gasteiger partial charge on any atom is 0.260 e. The van der Waals surface area contributed by atoms with Crippen LogP contribution in [-0.4, -0.2) is 80.1 Å². The van der Waals surface area contributed by atoms with Gasteiger partial charge in [-0.25, -0.2) is 8.78 Å². The number of hydrogen-bond donors (Lipinski definition) is 1. The third-order valence-corrected chi connectivity index (χ3v) is 15.8. The van der Waals surface area contributed by atoms with E-state index in [0.29, 0.717) is 24.3 Å². The molecule has 0 bridgehead atoms. The Morgan fingerprint density at radius 3 is 2.10 bits per heavy atom. The summed E-state index contributed by atoms with van der Waals surface area (Å²) in [5, 5.41) is 0.806. The predicted octanol–water partition coefficient (Wildman–Crippen LogP) is 7.45. The van der Waals surface area contributed by atoms with Gasteiger partial charge in [0.1, 0.15) is 12.4 Å². The largest absolute Gasteiger partial charge is 0.492 e. The Hall–Kier alpha value is -3.76. The van der Waals surface area contributed by atoms with Gasteiger partial charge in [0, 0.05) is 43.6 Å². The first-order valence-electron chi connectivity index (χ1n) is 18.4. The molecule has 4 aromatic rings. The van der Waals surface area contributed by atoms with Crippen LogP contribution in [-0.2, 0) is 6.42 Å². The number of rotatable bonds is 15. The lowest BCUT2D eigenvalue weighted by Gasteiger charge is -2.45. The van der Waals surface area contributed by atoms with Gasteiger partial charge in [-0.05, 0) is 77.0 Å². The summed E-state index contributed by atoms with van der Waals surface area (Å²) in [4.78, 5) is 28.9. The second-order valence-corrected chi connectivity index (χ2v) is 19.4. The van der Waals surface area contributed by atoms with Gasteiger partial charge in [-0.15, -0.1) is 0 Å². The molecule has 9 heteroatoms. The summed E-state index contributed by atoms with van der Waals surface area (Å²) in [6, 6.07) is 31.7. The van der Waals surface area contributed by atoms with Crippen molar-refractivity contribution >= 4 is 24.5 Å². The smallest absolute Gasteiger partial charge is 0.260 e. The van der Waals surface area contributed by atoms with Crippen molar-refractivity contribution in [3.63, 3.8) is 0 Å². The highest BCUT2D eigenvalue weighted by Crippen LogP contribution is 2.45. The van der Waals surface area contributed by atoms with Gasteiger partial charge < -0.3 is 9.53 Å². The van der Waals surface area contributed by atoms with Crippen molar-refractivity contribution in [3.05, 3.63) is 125 Å². The minimum absolute atomic E-state index is 0.0296. The molecule has 0 saturated carbocycles. The predicted molar refractivity (Wildman–Crippen MR) is 204 cm³/mol. The Morgan fingerprint density at radius 1 is 0.904 bits per heavy atom. The fraction of sp³-hybridized carbons (Fsp3) is 0.419. The molecule has 1 N–H and O–H groups in total. The van der Waals surface area contributed by atoms with Crippen LogP contribution in [0.5, 0.6) is 5.75 Å². The summed E-state index contributed by atoms with van der Waals surface area (Å²) in [7, 11) is -3.45. The lowest BCUT2D eigenvalue weighted by atomic mass is 9.83. The summed E-state index contributed by atoms with van der Waals surface area (Å²) in [6.07, 6.45) is 0.303. The van der Waals surface area contributed by atoms with E-state index in [2.05, 4.69) is 4.90 Å². The molecule has 1 fully saturated rings. The number of alkyl halides is 3. The topological polar surface area (TPSA) is 53.0 Å². The van der Waals surface area contributed by atoms with Crippen molar-refractivity contribution in [2.24, 2.45) is 5.92 Å². The van der Waals surface area contributed by atoms with Crippen LogP contribution in [0, 0.1) is 5.92 Å². The Kier molecular flexibility index (Phi) is 11.5. The van der Waals surface area contributed by atoms with E-state index in [4.69, 9.17) is 4.74 Å². The van der Waals surface area contributed by atoms with E-state index in [-0.39, 0.29) is 37.3 Å². The second kappa shape index (κ2) is 15.7. The monoisotopic (exact) mass is 728 g/mol. The van der Waals surface area contributed by atoms with E-state index in [1.54, 1.807) is 13.0 Å². The summed E-state index contributed by atoms with van der Waals surface area (Å²) >= 11 is 0. The highest BCUT2D eigenvalue weighted by molar-refractivity contribution is 6.98. The molecule has 0 radical (unpaired) electrons. The third-order valence-electron chi connectivity index (χ3n) is 11.3. The average Bonchev–Trinajstić information content (AvgIpc) is 3.12. The molecule has 276 valence electrons. The van der Waals surface area contributed by atoms with E-state index in [9.17, 15) is 14.0 Å². The molecule has 0 spiro atoms. The molecule has 2 heterocycles. The van der Waals surface area contributed by atoms with Crippen LogP contribution in [0.2, 0.25) is 5.04 Å². The molecule has 0 aliphatic carbocycles. The van der Waals surface area contributed by atoms with Crippen molar-refractivity contribution in [2.75, 3.05) is 39.5 Å². The number of hydrogen-bond acceptors (Lipinski definition) is 5. The number of carbonyl (C=O) groups excluding carboxylic acids is 1. The van der Waals surface area contributed by atoms with Crippen LogP contribution >= 0.6 is 0 Å². The SMILES string of the molecule is CC(=O)c1ccc2c(c1)C[C@@H](C)N(CC(F)(F)CCC(C)(C)[Si](O)(c1ccccc1)c1ccccc1)[C@@H]2c1ccc(OCCN2CC(CF)C2)cc1. The third kappa shape index (κ3) is 8.08. The summed E-state index contributed by atoms with van der Waals surface area (Å²) in [6.45, 7) is 9.36. The quantitative estimate of drug-likeness (QED) is 0.102. The van der Waals surface area contributed by atoms with Crippen molar-refractivity contribution in [1.82, 2.24) is 9.80 Å². The van der Waals surface area contributed by atoms with Gasteiger partial charge in [0.25, 0.3) is 14.2 Å². The molecule has 1 saturated heterocycles. The first kappa shape index (κ1) is 38.0. The standard InChI is InChI=1S/C43H51F3N2O3Si/c1-31-25-36-26-35(32(2)49)17-20-40(36)41(34-15-18-37(19-16-34)51-24-23-47-28-33(27-44)29-47)48(31)30-43(45,46)22-21-42(3,4)52(50,38-11-7-5-8-12-38)39-13-9-6-10-14-39/h5-20,26,31,33,41,50H,21-25,27-30H2,1-4H3/t31-,41-/m1/s1. The first-order valence-corrected chi connectivity index (χ1v) is 20.4. The maximum atomic E-state index is 16.5. The molecule has 0 unspecified atom stereocenters. The highest BCUT2D eigenvalue weighted by Gasteiger charge is 2.51. The van der Waals surface area contributed by atoms with E-state index in [1.807, 2.05) is 123 Å². The number of benzene rings is 4. The fourth-order valence-electron chi connectivity index (χ4n) is 8.08. The second-order valence-electron chi connectivity index (χ2n) is 15.5. The van der Waals surface area contributed by atoms with Crippen LogP contribution < -0.4 is 15.1 Å². The first-order chi connectivity index (χ1) is 24.8. The molecule has 0 aromatic heterocycles. The van der Waals surface area contributed by atoms with Gasteiger partial charge in [-0.2, -0.15) is 0 Å². The lowest BCUT2D eigenvalue weighted by molar-refractivity contribution is -0.0606. The van der Waals surface area contributed by atoms with Gasteiger partial charge in [0.05, 0.1) is 19.3 Å². The van der Waals surface area contributed by atoms with Crippen LogP contribution in [0.1, 0.15) is 73.6 Å². The summed E-state index contributed by atoms with van der Waals surface area (Å²) < 4.78 is 51.8. The van der Waals surface area contributed by atoms with E-state index in [0.717, 1.165) is 46.7 Å². The van der Waals surface area contributed by atoms with Crippen molar-refractivity contribution in [2.45, 2.75) is 70.0 Å². The fourth-order valence-corrected chi connectivity index (χ4v) is 11.8. The van der Waals surface area contributed by atoms with E-state index < -0.39 is 31.9 Å². The Labute approximate surface area is 307 Å². The molecular formula is C43H51F3N2O3Si. The van der Waals surface area contributed by atoms with Crippen molar-refractivity contribution in [1.29, 1.82) is 0 Å². The lowest BCUT2D eigenvalue weighted by Crippen LogP contribution is -2.65. The van der Waals surface area contributed by atoms with Gasteiger partial charge in [-0.3, -0.25) is 19.0 Å². The summed E-state index contributed by atoms with van der Waals surface area (Å²) in [5.41, 5.74) is 3.40. The number of likely N-dealkylation sites (tertiary alicyclic amines) is 1. The van der Waals surface area contributed by atoms with Gasteiger partial charge in [0.2, 0.25) is 0 Å². The minimum Gasteiger partial charge on any atom is -0.492 e. The van der Waals surface area contributed by atoms with E-state index in [1.165, 1.54) is 0 Å². The van der Waals surface area contributed by atoms with Crippen LogP contribution in [0.3, 0.4) is 0 Å². The average molecular weight is 729 g/mol. The van der Waals surface area contributed by atoms with Gasteiger partial charge in [-0.1, -0.05) is 98.8 Å². The van der Waals surface area contributed by atoms with Crippen LogP contribution in [0.25, 0.3) is 0 Å². The highest BCUT2D eigenvalue weighted by atomic mass is 28.4. The molecule has 6 rings (SSSR count). The zero-order valence-corrected chi connectivity index (χ0v) is 31.7.